The predicted octanol–water partition coefficient (Wildman–Crippen LogP) is 3.00. The molecule has 1 N–H and O–H groups in total. The van der Waals surface area contributed by atoms with Crippen molar-refractivity contribution in [2.75, 3.05) is 13.6 Å². The number of rotatable bonds is 5. The topological polar surface area (TPSA) is 32.3 Å². The zero-order chi connectivity index (χ0) is 14.6. The summed E-state index contributed by atoms with van der Waals surface area (Å²) in [5.41, 5.74) is 0.780. The molecule has 0 heterocycles. The molecule has 0 fully saturated rings. The minimum absolute atomic E-state index is 0.0209. The molecule has 19 heavy (non-hydrogen) atoms. The summed E-state index contributed by atoms with van der Waals surface area (Å²) >= 11 is 6.00. The van der Waals surface area contributed by atoms with E-state index in [4.69, 9.17) is 11.6 Å². The fraction of sp³-hybridized carbons (Fsp3) is 0.500. The van der Waals surface area contributed by atoms with E-state index < -0.39 is 0 Å². The molecule has 0 saturated heterocycles. The van der Waals surface area contributed by atoms with Gasteiger partial charge >= 0.3 is 0 Å². The third-order valence-electron chi connectivity index (χ3n) is 3.15. The van der Waals surface area contributed by atoms with Gasteiger partial charge in [-0.2, -0.15) is 0 Å². The van der Waals surface area contributed by atoms with E-state index in [9.17, 15) is 9.18 Å². The first-order valence-electron chi connectivity index (χ1n) is 6.32. The number of amides is 1. The summed E-state index contributed by atoms with van der Waals surface area (Å²) in [5, 5.41) is 3.54. The Bertz CT molecular complexity index is 453. The molecule has 1 aromatic carbocycles. The van der Waals surface area contributed by atoms with Crippen LogP contribution in [-0.4, -0.2) is 30.4 Å². The summed E-state index contributed by atoms with van der Waals surface area (Å²) in [7, 11) is 1.76. The van der Waals surface area contributed by atoms with E-state index in [1.807, 2.05) is 20.8 Å². The summed E-state index contributed by atoms with van der Waals surface area (Å²) in [5.74, 6) is -0.344. The number of carbonyl (C=O) groups excluding carboxylic acids is 1. The van der Waals surface area contributed by atoms with Crippen LogP contribution < -0.4 is 5.32 Å². The van der Waals surface area contributed by atoms with Crippen LogP contribution in [0.15, 0.2) is 18.2 Å². The van der Waals surface area contributed by atoms with Crippen LogP contribution in [0.3, 0.4) is 0 Å². The molecule has 0 aliphatic carbocycles. The lowest BCUT2D eigenvalue weighted by Gasteiger charge is -2.24. The Balaban J connectivity index is 2.74. The maximum Gasteiger partial charge on any atom is 0.239 e. The van der Waals surface area contributed by atoms with Gasteiger partial charge < -0.3 is 4.90 Å². The molecule has 0 saturated carbocycles. The van der Waals surface area contributed by atoms with E-state index in [0.29, 0.717) is 11.6 Å². The molecular weight excluding hydrogens is 267 g/mol. The zero-order valence-electron chi connectivity index (χ0n) is 11.7. The molecule has 0 bridgehead atoms. The summed E-state index contributed by atoms with van der Waals surface area (Å²) in [6, 6.07) is 3.83. The molecule has 0 aliphatic rings. The SMILES string of the molecule is CCN(C)C(=O)C(C)NC(C)c1ccc(F)cc1Cl. The Hall–Kier alpha value is -1.13. The Morgan fingerprint density at radius 3 is 2.63 bits per heavy atom. The summed E-state index contributed by atoms with van der Waals surface area (Å²) in [6.45, 7) is 6.29. The second kappa shape index (κ2) is 6.87. The molecule has 2 atom stereocenters. The van der Waals surface area contributed by atoms with Crippen LogP contribution in [-0.2, 0) is 4.79 Å². The second-order valence-corrected chi connectivity index (χ2v) is 5.04. The van der Waals surface area contributed by atoms with E-state index >= 15 is 0 Å². The lowest BCUT2D eigenvalue weighted by atomic mass is 10.1. The van der Waals surface area contributed by atoms with Crippen LogP contribution in [0.2, 0.25) is 5.02 Å². The molecule has 0 spiro atoms. The first kappa shape index (κ1) is 15.9. The summed E-state index contributed by atoms with van der Waals surface area (Å²) < 4.78 is 13.0. The zero-order valence-corrected chi connectivity index (χ0v) is 12.5. The van der Waals surface area contributed by atoms with Crippen molar-refractivity contribution in [1.29, 1.82) is 0 Å². The van der Waals surface area contributed by atoms with Crippen molar-refractivity contribution >= 4 is 17.5 Å². The van der Waals surface area contributed by atoms with Gasteiger partial charge in [0, 0.05) is 24.7 Å². The average molecular weight is 287 g/mol. The molecule has 5 heteroatoms. The van der Waals surface area contributed by atoms with Gasteiger partial charge in [0.25, 0.3) is 0 Å². The second-order valence-electron chi connectivity index (χ2n) is 4.63. The maximum atomic E-state index is 13.0. The Morgan fingerprint density at radius 2 is 2.11 bits per heavy atom. The lowest BCUT2D eigenvalue weighted by Crippen LogP contribution is -2.43. The molecule has 1 aromatic rings. The standard InChI is InChI=1S/C14H20ClFN2O/c1-5-18(4)14(19)10(3)17-9(2)12-7-6-11(16)8-13(12)15/h6-10,17H,5H2,1-4H3. The maximum absolute atomic E-state index is 13.0. The number of halogens is 2. The molecule has 3 nitrogen and oxygen atoms in total. The Morgan fingerprint density at radius 1 is 1.47 bits per heavy atom. The van der Waals surface area contributed by atoms with Gasteiger partial charge in [0.05, 0.1) is 6.04 Å². The van der Waals surface area contributed by atoms with Crippen LogP contribution in [0, 0.1) is 5.82 Å². The van der Waals surface area contributed by atoms with Crippen molar-refractivity contribution in [3.8, 4) is 0 Å². The largest absolute Gasteiger partial charge is 0.345 e. The minimum Gasteiger partial charge on any atom is -0.345 e. The number of carbonyl (C=O) groups is 1. The van der Waals surface area contributed by atoms with Gasteiger partial charge in [-0.25, -0.2) is 4.39 Å². The summed E-state index contributed by atoms with van der Waals surface area (Å²) in [4.78, 5) is 13.6. The number of benzene rings is 1. The van der Waals surface area contributed by atoms with Crippen LogP contribution >= 0.6 is 11.6 Å². The van der Waals surface area contributed by atoms with Crippen molar-refractivity contribution < 1.29 is 9.18 Å². The van der Waals surface area contributed by atoms with Gasteiger partial charge in [0.1, 0.15) is 5.82 Å². The molecule has 0 aliphatic heterocycles. The van der Waals surface area contributed by atoms with Crippen molar-refractivity contribution in [2.24, 2.45) is 0 Å². The van der Waals surface area contributed by atoms with E-state index in [1.165, 1.54) is 12.1 Å². The highest BCUT2D eigenvalue weighted by Gasteiger charge is 2.20. The van der Waals surface area contributed by atoms with Crippen molar-refractivity contribution in [3.63, 3.8) is 0 Å². The van der Waals surface area contributed by atoms with Crippen LogP contribution in [0.5, 0.6) is 0 Å². The average Bonchev–Trinajstić information content (AvgIpc) is 2.36. The molecule has 106 valence electrons. The van der Waals surface area contributed by atoms with E-state index in [1.54, 1.807) is 18.0 Å². The Kier molecular flexibility index (Phi) is 5.76. The number of hydrogen-bond acceptors (Lipinski definition) is 2. The van der Waals surface area contributed by atoms with E-state index in [2.05, 4.69) is 5.32 Å². The van der Waals surface area contributed by atoms with Crippen molar-refractivity contribution in [2.45, 2.75) is 32.9 Å². The van der Waals surface area contributed by atoms with Gasteiger partial charge in [-0.05, 0) is 38.5 Å². The summed E-state index contributed by atoms with van der Waals surface area (Å²) in [6.07, 6.45) is 0. The van der Waals surface area contributed by atoms with E-state index in [0.717, 1.165) is 5.56 Å². The minimum atomic E-state index is -0.365. The third-order valence-corrected chi connectivity index (χ3v) is 3.48. The normalized spacial score (nSPS) is 14.0. The molecule has 0 radical (unpaired) electrons. The fourth-order valence-corrected chi connectivity index (χ4v) is 2.21. The Labute approximate surface area is 118 Å². The quantitative estimate of drug-likeness (QED) is 0.902. The smallest absolute Gasteiger partial charge is 0.239 e. The van der Waals surface area contributed by atoms with Gasteiger partial charge in [0.15, 0.2) is 0 Å². The molecular formula is C14H20ClFN2O. The molecule has 0 aromatic heterocycles. The number of likely N-dealkylation sites (N-methyl/N-ethyl adjacent to an activating group) is 1. The number of nitrogens with zero attached hydrogens (tertiary/aromatic N) is 1. The monoisotopic (exact) mass is 286 g/mol. The van der Waals surface area contributed by atoms with Crippen LogP contribution in [0.25, 0.3) is 0 Å². The molecule has 1 rings (SSSR count). The van der Waals surface area contributed by atoms with Crippen molar-refractivity contribution in [1.82, 2.24) is 10.2 Å². The lowest BCUT2D eigenvalue weighted by molar-refractivity contribution is -0.131. The van der Waals surface area contributed by atoms with E-state index in [-0.39, 0.29) is 23.8 Å². The highest BCUT2D eigenvalue weighted by Crippen LogP contribution is 2.24. The molecule has 2 unspecified atom stereocenters. The third kappa shape index (κ3) is 4.18. The number of nitrogens with one attached hydrogen (secondary N) is 1. The van der Waals surface area contributed by atoms with Crippen LogP contribution in [0.4, 0.5) is 4.39 Å². The first-order valence-corrected chi connectivity index (χ1v) is 6.70. The van der Waals surface area contributed by atoms with Gasteiger partial charge in [-0.3, -0.25) is 10.1 Å². The first-order chi connectivity index (χ1) is 8.86. The predicted molar refractivity (Wildman–Crippen MR) is 75.7 cm³/mol. The molecule has 1 amide bonds. The van der Waals surface area contributed by atoms with Crippen molar-refractivity contribution in [3.05, 3.63) is 34.6 Å². The highest BCUT2D eigenvalue weighted by molar-refractivity contribution is 6.31. The highest BCUT2D eigenvalue weighted by atomic mass is 35.5. The van der Waals surface area contributed by atoms with Gasteiger partial charge in [-0.1, -0.05) is 17.7 Å². The van der Waals surface area contributed by atoms with Gasteiger partial charge in [0.2, 0.25) is 5.91 Å². The number of hydrogen-bond donors (Lipinski definition) is 1. The van der Waals surface area contributed by atoms with Crippen LogP contribution in [0.1, 0.15) is 32.4 Å². The van der Waals surface area contributed by atoms with Gasteiger partial charge in [-0.15, -0.1) is 0 Å². The fourth-order valence-electron chi connectivity index (χ4n) is 1.88.